The smallest absolute Gasteiger partial charge is 0.173 e. The van der Waals surface area contributed by atoms with Crippen LogP contribution in [0.3, 0.4) is 0 Å². The van der Waals surface area contributed by atoms with Crippen molar-refractivity contribution in [3.8, 4) is 0 Å². The number of rotatable bonds is 0. The molecule has 0 fully saturated rings. The first-order chi connectivity index (χ1) is 6.08. The first-order valence-electron chi connectivity index (χ1n) is 4.03. The zero-order chi connectivity index (χ0) is 9.47. The zero-order valence-corrected chi connectivity index (χ0v) is 8.75. The molecule has 4 nitrogen and oxygen atoms in total. The number of hydrogen-bond acceptors (Lipinski definition) is 4. The molecule has 0 aromatic carbocycles. The lowest BCUT2D eigenvalue weighted by Gasteiger charge is -2.28. The second-order valence-corrected chi connectivity index (χ2v) is 4.65. The lowest BCUT2D eigenvalue weighted by atomic mass is 10.1. The van der Waals surface area contributed by atoms with Crippen LogP contribution in [-0.4, -0.2) is 16.4 Å². The fourth-order valence-corrected chi connectivity index (χ4v) is 1.40. The number of nitrogens with zero attached hydrogens (tertiary/aromatic N) is 4. The molecule has 0 bridgehead atoms. The van der Waals surface area contributed by atoms with E-state index in [1.54, 1.807) is 11.2 Å². The van der Waals surface area contributed by atoms with Gasteiger partial charge in [0, 0.05) is 11.4 Å². The van der Waals surface area contributed by atoms with Gasteiger partial charge in [-0.2, -0.15) is 10.2 Å². The van der Waals surface area contributed by atoms with Crippen molar-refractivity contribution in [3.05, 3.63) is 23.8 Å². The van der Waals surface area contributed by atoms with Gasteiger partial charge in [0.05, 0.1) is 11.9 Å². The highest BCUT2D eigenvalue weighted by atomic mass is 31.0. The van der Waals surface area contributed by atoms with Crippen LogP contribution in [0, 0.1) is 0 Å². The van der Waals surface area contributed by atoms with Gasteiger partial charge in [0.15, 0.2) is 5.82 Å². The van der Waals surface area contributed by atoms with Crippen molar-refractivity contribution in [1.29, 1.82) is 0 Å². The molecule has 0 aliphatic carbocycles. The summed E-state index contributed by atoms with van der Waals surface area (Å²) in [7, 11) is 2.72. The van der Waals surface area contributed by atoms with Gasteiger partial charge >= 0.3 is 0 Å². The topological polar surface area (TPSA) is 40.3 Å². The maximum Gasteiger partial charge on any atom is 0.173 e. The van der Waals surface area contributed by atoms with Gasteiger partial charge in [0.25, 0.3) is 0 Å². The van der Waals surface area contributed by atoms with E-state index in [-0.39, 0.29) is 5.16 Å². The Morgan fingerprint density at radius 2 is 2.31 bits per heavy atom. The minimum absolute atomic E-state index is 0.109. The number of azo groups is 1. The zero-order valence-electron chi connectivity index (χ0n) is 7.60. The third kappa shape index (κ3) is 1.54. The molecule has 0 N–H and O–H groups in total. The molecule has 2 atom stereocenters. The molecule has 0 saturated heterocycles. The van der Waals surface area contributed by atoms with Gasteiger partial charge in [-0.15, -0.1) is 14.4 Å². The van der Waals surface area contributed by atoms with Crippen LogP contribution in [0.1, 0.15) is 13.8 Å². The fraction of sp³-hybridized carbons (Fsp3) is 0.375. The quantitative estimate of drug-likeness (QED) is 0.544. The van der Waals surface area contributed by atoms with E-state index in [4.69, 9.17) is 0 Å². The minimum atomic E-state index is -0.109. The summed E-state index contributed by atoms with van der Waals surface area (Å²) in [6.45, 7) is 4.00. The third-order valence-corrected chi connectivity index (χ3v) is 2.16. The van der Waals surface area contributed by atoms with Crippen molar-refractivity contribution >= 4 is 15.5 Å². The van der Waals surface area contributed by atoms with Gasteiger partial charge in [-0.25, -0.2) is 5.01 Å². The van der Waals surface area contributed by atoms with Gasteiger partial charge in [-0.1, -0.05) is 0 Å². The maximum absolute atomic E-state index is 4.28. The molecule has 0 aromatic rings. The molecule has 5 heteroatoms. The van der Waals surface area contributed by atoms with Crippen molar-refractivity contribution in [3.63, 3.8) is 0 Å². The molecule has 13 heavy (non-hydrogen) atoms. The molecule has 2 unspecified atom stereocenters. The minimum Gasteiger partial charge on any atom is -0.217 e. The summed E-state index contributed by atoms with van der Waals surface area (Å²) in [6.07, 6.45) is 5.59. The normalized spacial score (nSPS) is 31.2. The lowest BCUT2D eigenvalue weighted by molar-refractivity contribution is 0.422. The van der Waals surface area contributed by atoms with Crippen LogP contribution in [0.25, 0.3) is 0 Å². The van der Waals surface area contributed by atoms with Gasteiger partial charge in [0.2, 0.25) is 0 Å². The summed E-state index contributed by atoms with van der Waals surface area (Å²) in [5.41, 5.74) is 0.984. The highest BCUT2D eigenvalue weighted by Gasteiger charge is 2.24. The monoisotopic (exact) mass is 194 g/mol. The van der Waals surface area contributed by atoms with Crippen LogP contribution in [0.15, 0.2) is 39.1 Å². The van der Waals surface area contributed by atoms with E-state index in [2.05, 4.69) is 31.5 Å². The van der Waals surface area contributed by atoms with Gasteiger partial charge in [0.1, 0.15) is 0 Å². The second kappa shape index (κ2) is 2.74. The molecule has 0 saturated carbocycles. The average Bonchev–Trinajstić information content (AvgIpc) is 2.02. The van der Waals surface area contributed by atoms with Gasteiger partial charge in [-0.05, 0) is 19.9 Å². The average molecular weight is 194 g/mol. The number of hydrazone groups is 1. The van der Waals surface area contributed by atoms with Crippen LogP contribution in [-0.2, 0) is 0 Å². The van der Waals surface area contributed by atoms with Crippen LogP contribution in [0.4, 0.5) is 0 Å². The predicted octanol–water partition coefficient (Wildman–Crippen LogP) is 2.09. The molecule has 2 rings (SSSR count). The Kier molecular flexibility index (Phi) is 1.81. The molecule has 0 aromatic heterocycles. The Labute approximate surface area is 79.3 Å². The van der Waals surface area contributed by atoms with Crippen LogP contribution >= 0.6 is 9.24 Å². The van der Waals surface area contributed by atoms with Crippen molar-refractivity contribution < 1.29 is 0 Å². The summed E-state index contributed by atoms with van der Waals surface area (Å²) in [4.78, 5) is 0. The molecule has 68 valence electrons. The summed E-state index contributed by atoms with van der Waals surface area (Å²) >= 11 is 0. The van der Waals surface area contributed by atoms with Gasteiger partial charge < -0.3 is 0 Å². The first-order valence-corrected chi connectivity index (χ1v) is 4.61. The first kappa shape index (κ1) is 8.57. The predicted molar refractivity (Wildman–Crippen MR) is 55.1 cm³/mol. The van der Waals surface area contributed by atoms with E-state index < -0.39 is 0 Å². The van der Waals surface area contributed by atoms with E-state index >= 15 is 0 Å². The molecule has 2 aliphatic heterocycles. The van der Waals surface area contributed by atoms with Crippen LogP contribution in [0.5, 0.6) is 0 Å². The Morgan fingerprint density at radius 1 is 1.54 bits per heavy atom. The van der Waals surface area contributed by atoms with Crippen molar-refractivity contribution in [2.75, 3.05) is 0 Å². The highest BCUT2D eigenvalue weighted by Crippen LogP contribution is 2.29. The van der Waals surface area contributed by atoms with E-state index in [9.17, 15) is 0 Å². The van der Waals surface area contributed by atoms with Crippen LogP contribution in [0.2, 0.25) is 0 Å². The number of hydrogen-bond donors (Lipinski definition) is 0. The molecule has 2 aliphatic rings. The van der Waals surface area contributed by atoms with Crippen LogP contribution < -0.4 is 0 Å². The van der Waals surface area contributed by atoms with Crippen molar-refractivity contribution in [2.24, 2.45) is 15.3 Å². The Bertz CT molecular complexity index is 351. The Balaban J connectivity index is 2.40. The standard InChI is InChI=1S/C8H11N4P/c1-6-4-9-11-7-3-8(2,13)5-10-12(6)7/h3-5H,13H2,1-2H3. The molecule has 2 heterocycles. The fourth-order valence-electron chi connectivity index (χ4n) is 1.19. The number of fused-ring (bicyclic) bond motifs is 1. The maximum atomic E-state index is 4.28. The SMILES string of the molecule is CC1=CN=NC2=CC(C)(P)C=NN12. The highest BCUT2D eigenvalue weighted by molar-refractivity contribution is 7.21. The van der Waals surface area contributed by atoms with E-state index in [0.29, 0.717) is 0 Å². The third-order valence-electron chi connectivity index (χ3n) is 1.85. The van der Waals surface area contributed by atoms with E-state index in [0.717, 1.165) is 11.5 Å². The lowest BCUT2D eigenvalue weighted by Crippen LogP contribution is -2.27. The number of allylic oxidation sites excluding steroid dienone is 2. The van der Waals surface area contributed by atoms with E-state index in [1.807, 2.05) is 19.2 Å². The van der Waals surface area contributed by atoms with E-state index in [1.165, 1.54) is 0 Å². The Morgan fingerprint density at radius 3 is 3.08 bits per heavy atom. The summed E-state index contributed by atoms with van der Waals surface area (Å²) in [5.74, 6) is 0.792. The summed E-state index contributed by atoms with van der Waals surface area (Å²) in [5, 5.41) is 13.8. The molecular weight excluding hydrogens is 183 g/mol. The Hall–Kier alpha value is -1.02. The second-order valence-electron chi connectivity index (χ2n) is 3.41. The molecule has 0 radical (unpaired) electrons. The largest absolute Gasteiger partial charge is 0.217 e. The molecule has 0 amide bonds. The molecule has 0 spiro atoms. The van der Waals surface area contributed by atoms with Crippen molar-refractivity contribution in [2.45, 2.75) is 19.0 Å². The summed E-state index contributed by atoms with van der Waals surface area (Å²) in [6, 6.07) is 0. The molecular formula is C8H11N4P. The summed E-state index contributed by atoms with van der Waals surface area (Å²) < 4.78 is 0. The van der Waals surface area contributed by atoms with Crippen molar-refractivity contribution in [1.82, 2.24) is 5.01 Å². The van der Waals surface area contributed by atoms with Gasteiger partial charge in [-0.3, -0.25) is 0 Å².